The highest BCUT2D eigenvalue weighted by Crippen LogP contribution is 2.37. The molecule has 4 heteroatoms. The summed E-state index contributed by atoms with van der Waals surface area (Å²) < 4.78 is 5.91. The second-order valence-corrected chi connectivity index (χ2v) is 7.26. The molecule has 0 aliphatic rings. The summed E-state index contributed by atoms with van der Waals surface area (Å²) in [6.45, 7) is 18.5. The predicted octanol–water partition coefficient (Wildman–Crippen LogP) is 6.16. The number of hydrogen-bond donors (Lipinski definition) is 1. The summed E-state index contributed by atoms with van der Waals surface area (Å²) in [5.41, 5.74) is 3.75. The quantitative estimate of drug-likeness (QED) is 0.294. The molecule has 154 valence electrons. The highest BCUT2D eigenvalue weighted by Gasteiger charge is 2.18. The van der Waals surface area contributed by atoms with Crippen molar-refractivity contribution in [1.82, 2.24) is 0 Å². The van der Waals surface area contributed by atoms with Gasteiger partial charge in [-0.15, -0.1) is 0 Å². The average molecular weight is 402 g/mol. The maximum Gasteiger partial charge on any atom is 0.185 e. The van der Waals surface area contributed by atoms with Gasteiger partial charge in [-0.2, -0.15) is 0 Å². The van der Waals surface area contributed by atoms with Crippen molar-refractivity contribution in [2.75, 3.05) is 0 Å². The summed E-state index contributed by atoms with van der Waals surface area (Å²) in [5, 5.41) is 10.8. The Hall–Kier alpha value is -3.66. The van der Waals surface area contributed by atoms with Gasteiger partial charge in [-0.05, 0) is 74.7 Å². The third kappa shape index (κ3) is 5.23. The molecule has 0 heterocycles. The Bertz CT molecular complexity index is 1060. The molecule has 0 saturated heterocycles. The van der Waals surface area contributed by atoms with E-state index in [9.17, 15) is 14.7 Å². The number of carbonyl (C=O) groups is 2. The molecule has 0 bridgehead atoms. The van der Waals surface area contributed by atoms with Crippen molar-refractivity contribution >= 4 is 11.6 Å². The normalized spacial score (nSPS) is 10.2. The summed E-state index contributed by atoms with van der Waals surface area (Å²) in [7, 11) is 0. The Morgan fingerprint density at radius 1 is 0.933 bits per heavy atom. The summed E-state index contributed by atoms with van der Waals surface area (Å²) in [6, 6.07) is 8.20. The fourth-order valence-corrected chi connectivity index (χ4v) is 3.10. The van der Waals surface area contributed by atoms with Crippen molar-refractivity contribution in [3.63, 3.8) is 0 Å². The molecule has 0 spiro atoms. The molecule has 2 rings (SSSR count). The summed E-state index contributed by atoms with van der Waals surface area (Å²) >= 11 is 0. The monoisotopic (exact) mass is 402 g/mol. The van der Waals surface area contributed by atoms with Crippen molar-refractivity contribution in [3.05, 3.63) is 102 Å². The van der Waals surface area contributed by atoms with Gasteiger partial charge in [0.15, 0.2) is 23.1 Å². The van der Waals surface area contributed by atoms with Crippen LogP contribution in [-0.4, -0.2) is 16.7 Å². The van der Waals surface area contributed by atoms with Gasteiger partial charge in [0.1, 0.15) is 5.75 Å². The minimum Gasteiger partial charge on any atom is -0.504 e. The third-order valence-corrected chi connectivity index (χ3v) is 4.42. The molecule has 0 saturated carbocycles. The first-order valence-corrected chi connectivity index (χ1v) is 9.45. The molecule has 0 amide bonds. The van der Waals surface area contributed by atoms with E-state index in [4.69, 9.17) is 4.74 Å². The fraction of sp³-hybridized carbons (Fsp3) is 0.154. The van der Waals surface area contributed by atoms with Gasteiger partial charge in [-0.1, -0.05) is 37.5 Å². The highest BCUT2D eigenvalue weighted by molar-refractivity contribution is 6.06. The van der Waals surface area contributed by atoms with Gasteiger partial charge in [0.25, 0.3) is 0 Å². The second kappa shape index (κ2) is 9.70. The summed E-state index contributed by atoms with van der Waals surface area (Å²) in [4.78, 5) is 24.3. The fourth-order valence-electron chi connectivity index (χ4n) is 3.10. The van der Waals surface area contributed by atoms with E-state index < -0.39 is 0 Å². The molecular formula is C26H26O4. The summed E-state index contributed by atoms with van der Waals surface area (Å²) in [5.74, 6) is 0.0568. The number of phenols is 1. The lowest BCUT2D eigenvalue weighted by molar-refractivity contribution is 0.103. The van der Waals surface area contributed by atoms with Gasteiger partial charge in [-0.25, -0.2) is 0 Å². The molecule has 30 heavy (non-hydrogen) atoms. The zero-order valence-corrected chi connectivity index (χ0v) is 17.5. The zero-order valence-electron chi connectivity index (χ0n) is 17.5. The first-order chi connectivity index (χ1) is 14.2. The van der Waals surface area contributed by atoms with Crippen LogP contribution in [0.1, 0.15) is 45.7 Å². The molecule has 0 aromatic heterocycles. The minimum absolute atomic E-state index is 0.126. The number of benzene rings is 2. The molecule has 1 N–H and O–H groups in total. The van der Waals surface area contributed by atoms with Gasteiger partial charge in [0.2, 0.25) is 0 Å². The maximum absolute atomic E-state index is 12.2. The van der Waals surface area contributed by atoms with Crippen LogP contribution < -0.4 is 4.74 Å². The average Bonchev–Trinajstić information content (AvgIpc) is 2.69. The maximum atomic E-state index is 12.2. The Balaban J connectivity index is 2.51. The van der Waals surface area contributed by atoms with Crippen LogP contribution in [0.3, 0.4) is 0 Å². The topological polar surface area (TPSA) is 63.6 Å². The largest absolute Gasteiger partial charge is 0.504 e. The predicted molar refractivity (Wildman–Crippen MR) is 121 cm³/mol. The first kappa shape index (κ1) is 22.6. The number of phenolic OH excluding ortho intramolecular Hbond substituents is 1. The lowest BCUT2D eigenvalue weighted by atomic mass is 9.96. The summed E-state index contributed by atoms with van der Waals surface area (Å²) in [6.07, 6.45) is 3.30. The lowest BCUT2D eigenvalue weighted by Crippen LogP contribution is -2.04. The van der Waals surface area contributed by atoms with Crippen molar-refractivity contribution in [2.45, 2.75) is 26.7 Å². The molecule has 0 fully saturated rings. The first-order valence-electron chi connectivity index (χ1n) is 9.45. The Morgan fingerprint density at radius 2 is 1.50 bits per heavy atom. The third-order valence-electron chi connectivity index (χ3n) is 4.42. The van der Waals surface area contributed by atoms with E-state index in [0.29, 0.717) is 35.3 Å². The number of aromatic hydroxyl groups is 1. The molecule has 0 atom stereocenters. The van der Waals surface area contributed by atoms with Gasteiger partial charge in [-0.3, -0.25) is 9.59 Å². The van der Waals surface area contributed by atoms with Crippen molar-refractivity contribution in [2.24, 2.45) is 0 Å². The second-order valence-electron chi connectivity index (χ2n) is 7.26. The number of hydrogen-bond acceptors (Lipinski definition) is 4. The standard InChI is InChI=1S/C26H26O4/c1-7-23(27)20-10-9-19(15-18(20)13-16(3)4)30-25-12-11-21(24(28)8-2)22(26(25)29)14-17(5)6/h7-12,15,29H,1-3,5,13-14H2,4,6H3. The Kier molecular flexibility index (Phi) is 7.32. The van der Waals surface area contributed by atoms with Gasteiger partial charge in [0, 0.05) is 16.7 Å². The van der Waals surface area contributed by atoms with Crippen molar-refractivity contribution in [1.29, 1.82) is 0 Å². The molecule has 0 unspecified atom stereocenters. The van der Waals surface area contributed by atoms with Crippen molar-refractivity contribution < 1.29 is 19.4 Å². The SMILES string of the molecule is C=CC(=O)c1ccc(Oc2ccc(C(=O)C=C)c(CC(=C)C)c2O)cc1CC(=C)C. The molecule has 2 aromatic rings. The lowest BCUT2D eigenvalue weighted by Gasteiger charge is -2.16. The van der Waals surface area contributed by atoms with E-state index >= 15 is 0 Å². The number of allylic oxidation sites excluding steroid dienone is 4. The number of ether oxygens (including phenoxy) is 1. The minimum atomic E-state index is -0.288. The molecule has 0 radical (unpaired) electrons. The van der Waals surface area contributed by atoms with E-state index in [-0.39, 0.29) is 23.1 Å². The van der Waals surface area contributed by atoms with Crippen LogP contribution in [0.4, 0.5) is 0 Å². The van der Waals surface area contributed by atoms with Crippen LogP contribution in [0.2, 0.25) is 0 Å². The smallest absolute Gasteiger partial charge is 0.185 e. The van der Waals surface area contributed by atoms with Crippen LogP contribution in [0.25, 0.3) is 0 Å². The number of ketones is 2. The molecule has 0 aliphatic heterocycles. The Morgan fingerprint density at radius 3 is 2.07 bits per heavy atom. The van der Waals surface area contributed by atoms with Crippen LogP contribution in [0.15, 0.2) is 79.9 Å². The van der Waals surface area contributed by atoms with E-state index in [0.717, 1.165) is 16.7 Å². The zero-order chi connectivity index (χ0) is 22.4. The highest BCUT2D eigenvalue weighted by atomic mass is 16.5. The van der Waals surface area contributed by atoms with Gasteiger partial charge < -0.3 is 9.84 Å². The van der Waals surface area contributed by atoms with Crippen LogP contribution in [0.5, 0.6) is 17.2 Å². The number of rotatable bonds is 10. The van der Waals surface area contributed by atoms with E-state index in [2.05, 4.69) is 26.3 Å². The molecular weight excluding hydrogens is 376 g/mol. The number of carbonyl (C=O) groups excluding carboxylic acids is 2. The van der Waals surface area contributed by atoms with Gasteiger partial charge in [0.05, 0.1) is 0 Å². The van der Waals surface area contributed by atoms with Crippen molar-refractivity contribution in [3.8, 4) is 17.2 Å². The Labute approximate surface area is 177 Å². The van der Waals surface area contributed by atoms with E-state index in [1.54, 1.807) is 24.3 Å². The van der Waals surface area contributed by atoms with E-state index in [1.165, 1.54) is 18.2 Å². The molecule has 4 nitrogen and oxygen atoms in total. The van der Waals surface area contributed by atoms with Crippen LogP contribution in [0, 0.1) is 0 Å². The van der Waals surface area contributed by atoms with Gasteiger partial charge >= 0.3 is 0 Å². The van der Waals surface area contributed by atoms with Crippen LogP contribution >= 0.6 is 0 Å². The molecule has 2 aromatic carbocycles. The molecule has 0 aliphatic carbocycles. The van der Waals surface area contributed by atoms with Crippen LogP contribution in [-0.2, 0) is 12.8 Å². The van der Waals surface area contributed by atoms with E-state index in [1.807, 2.05) is 13.8 Å².